The van der Waals surface area contributed by atoms with E-state index in [0.717, 1.165) is 41.8 Å². The molecule has 0 bridgehead atoms. The van der Waals surface area contributed by atoms with Gasteiger partial charge in [-0.2, -0.15) is 0 Å². The summed E-state index contributed by atoms with van der Waals surface area (Å²) < 4.78 is 5.20. The number of aromatic nitrogens is 2. The maximum absolute atomic E-state index is 5.20. The first kappa shape index (κ1) is 18.1. The fraction of sp³-hybridized carbons (Fsp3) is 0.273. The van der Waals surface area contributed by atoms with Crippen LogP contribution < -0.4 is 20.3 Å². The first-order valence-electron chi connectivity index (χ1n) is 9.58. The third kappa shape index (κ3) is 4.34. The number of methoxy groups -OCH3 is 1. The molecule has 0 amide bonds. The maximum atomic E-state index is 5.20. The predicted octanol–water partition coefficient (Wildman–Crippen LogP) is 4.88. The van der Waals surface area contributed by atoms with Crippen LogP contribution in [0.4, 0.5) is 28.7 Å². The molecular weight excluding hydrogens is 350 g/mol. The Labute approximate surface area is 165 Å². The molecule has 6 nitrogen and oxygen atoms in total. The van der Waals surface area contributed by atoms with E-state index in [0.29, 0.717) is 5.82 Å². The first-order valence-corrected chi connectivity index (χ1v) is 9.58. The minimum Gasteiger partial charge on any atom is -0.497 e. The lowest BCUT2D eigenvalue weighted by Gasteiger charge is -2.18. The van der Waals surface area contributed by atoms with E-state index < -0.39 is 0 Å². The topological polar surface area (TPSA) is 62.3 Å². The van der Waals surface area contributed by atoms with Crippen LogP contribution in [0.2, 0.25) is 0 Å². The molecule has 0 atom stereocenters. The monoisotopic (exact) mass is 375 g/mol. The Morgan fingerprint density at radius 2 is 1.36 bits per heavy atom. The fourth-order valence-corrected chi connectivity index (χ4v) is 3.40. The number of ether oxygens (including phenoxy) is 1. The quantitative estimate of drug-likeness (QED) is 0.640. The van der Waals surface area contributed by atoms with Gasteiger partial charge in [0, 0.05) is 36.2 Å². The smallest absolute Gasteiger partial charge is 0.136 e. The van der Waals surface area contributed by atoms with Crippen LogP contribution in [0, 0.1) is 6.92 Å². The second kappa shape index (κ2) is 8.17. The molecule has 6 heteroatoms. The number of nitrogens with zero attached hydrogens (tertiary/aromatic N) is 3. The Kier molecular flexibility index (Phi) is 5.28. The van der Waals surface area contributed by atoms with E-state index in [1.54, 1.807) is 7.11 Å². The largest absolute Gasteiger partial charge is 0.497 e. The number of anilines is 5. The van der Waals surface area contributed by atoms with E-state index in [2.05, 4.69) is 49.8 Å². The number of aryl methyl sites for hydroxylation is 1. The van der Waals surface area contributed by atoms with Crippen LogP contribution in [0.5, 0.6) is 5.75 Å². The van der Waals surface area contributed by atoms with Crippen molar-refractivity contribution in [2.45, 2.75) is 19.8 Å². The maximum Gasteiger partial charge on any atom is 0.136 e. The van der Waals surface area contributed by atoms with Gasteiger partial charge in [0.2, 0.25) is 0 Å². The standard InChI is InChI=1S/C22H25N5O/c1-16-23-21(15-22(24-16)26-18-7-11-20(28-2)12-8-18)25-17-5-9-19(10-6-17)27-13-3-4-14-27/h5-12,15H,3-4,13-14H2,1-2H3,(H2,23,24,25,26). The van der Waals surface area contributed by atoms with Crippen LogP contribution in [-0.4, -0.2) is 30.2 Å². The van der Waals surface area contributed by atoms with Crippen molar-refractivity contribution >= 4 is 28.7 Å². The van der Waals surface area contributed by atoms with Crippen molar-refractivity contribution in [3.8, 4) is 5.75 Å². The van der Waals surface area contributed by atoms with Gasteiger partial charge in [-0.25, -0.2) is 9.97 Å². The molecule has 1 aromatic heterocycles. The van der Waals surface area contributed by atoms with E-state index in [9.17, 15) is 0 Å². The Bertz CT molecular complexity index is 919. The van der Waals surface area contributed by atoms with Crippen LogP contribution in [0.1, 0.15) is 18.7 Å². The summed E-state index contributed by atoms with van der Waals surface area (Å²) in [5, 5.41) is 6.69. The summed E-state index contributed by atoms with van der Waals surface area (Å²) in [6, 6.07) is 18.2. The Balaban J connectivity index is 1.47. The van der Waals surface area contributed by atoms with Crippen molar-refractivity contribution in [3.63, 3.8) is 0 Å². The van der Waals surface area contributed by atoms with Gasteiger partial charge >= 0.3 is 0 Å². The lowest BCUT2D eigenvalue weighted by molar-refractivity contribution is 0.415. The van der Waals surface area contributed by atoms with Gasteiger partial charge in [-0.15, -0.1) is 0 Å². The third-order valence-corrected chi connectivity index (χ3v) is 4.81. The molecule has 1 aliphatic rings. The van der Waals surface area contributed by atoms with Crippen molar-refractivity contribution in [2.24, 2.45) is 0 Å². The molecule has 1 aliphatic heterocycles. The molecule has 2 aromatic carbocycles. The summed E-state index contributed by atoms with van der Waals surface area (Å²) in [6.07, 6.45) is 2.56. The van der Waals surface area contributed by atoms with Crippen LogP contribution >= 0.6 is 0 Å². The lowest BCUT2D eigenvalue weighted by atomic mass is 10.2. The minimum atomic E-state index is 0.703. The molecule has 1 fully saturated rings. The van der Waals surface area contributed by atoms with Crippen LogP contribution in [0.25, 0.3) is 0 Å². The summed E-state index contributed by atoms with van der Waals surface area (Å²) in [6.45, 7) is 4.19. The van der Waals surface area contributed by atoms with Crippen molar-refractivity contribution in [1.82, 2.24) is 9.97 Å². The van der Waals surface area contributed by atoms with Gasteiger partial charge in [0.25, 0.3) is 0 Å². The second-order valence-electron chi connectivity index (χ2n) is 6.91. The summed E-state index contributed by atoms with van der Waals surface area (Å²) in [5.74, 6) is 3.03. The molecule has 3 aromatic rings. The lowest BCUT2D eigenvalue weighted by Crippen LogP contribution is -2.17. The predicted molar refractivity (Wildman–Crippen MR) is 114 cm³/mol. The molecule has 0 aliphatic carbocycles. The van der Waals surface area contributed by atoms with Crippen LogP contribution in [0.3, 0.4) is 0 Å². The fourth-order valence-electron chi connectivity index (χ4n) is 3.40. The first-order chi connectivity index (χ1) is 13.7. The van der Waals surface area contributed by atoms with Gasteiger partial charge in [0.15, 0.2) is 0 Å². The average molecular weight is 375 g/mol. The van der Waals surface area contributed by atoms with Gasteiger partial charge in [-0.1, -0.05) is 0 Å². The van der Waals surface area contributed by atoms with E-state index in [1.807, 2.05) is 37.3 Å². The van der Waals surface area contributed by atoms with E-state index in [1.165, 1.54) is 18.5 Å². The highest BCUT2D eigenvalue weighted by Gasteiger charge is 2.12. The van der Waals surface area contributed by atoms with Crippen LogP contribution in [0.15, 0.2) is 54.6 Å². The van der Waals surface area contributed by atoms with Gasteiger partial charge in [0.1, 0.15) is 23.2 Å². The molecule has 144 valence electrons. The molecule has 2 N–H and O–H groups in total. The van der Waals surface area contributed by atoms with Crippen molar-refractivity contribution in [2.75, 3.05) is 35.7 Å². The Morgan fingerprint density at radius 3 is 1.89 bits per heavy atom. The Morgan fingerprint density at radius 1 is 0.821 bits per heavy atom. The average Bonchev–Trinajstić information content (AvgIpc) is 3.23. The van der Waals surface area contributed by atoms with Crippen LogP contribution in [-0.2, 0) is 0 Å². The molecule has 0 radical (unpaired) electrons. The second-order valence-corrected chi connectivity index (χ2v) is 6.91. The highest BCUT2D eigenvalue weighted by Crippen LogP contribution is 2.25. The highest BCUT2D eigenvalue weighted by molar-refractivity contribution is 5.65. The van der Waals surface area contributed by atoms with Crippen molar-refractivity contribution in [3.05, 3.63) is 60.4 Å². The Hall–Kier alpha value is -3.28. The molecular formula is C22H25N5O. The molecule has 2 heterocycles. The van der Waals surface area contributed by atoms with E-state index in [-0.39, 0.29) is 0 Å². The SMILES string of the molecule is COc1ccc(Nc2cc(Nc3ccc(N4CCCC4)cc3)nc(C)n2)cc1. The molecule has 1 saturated heterocycles. The molecule has 28 heavy (non-hydrogen) atoms. The number of benzene rings is 2. The van der Waals surface area contributed by atoms with Crippen molar-refractivity contribution < 1.29 is 4.74 Å². The van der Waals surface area contributed by atoms with Crippen molar-refractivity contribution in [1.29, 1.82) is 0 Å². The molecule has 0 unspecified atom stereocenters. The highest BCUT2D eigenvalue weighted by atomic mass is 16.5. The zero-order valence-electron chi connectivity index (χ0n) is 16.3. The summed E-state index contributed by atoms with van der Waals surface area (Å²) in [5.41, 5.74) is 3.24. The molecule has 0 spiro atoms. The normalized spacial score (nSPS) is 13.4. The third-order valence-electron chi connectivity index (χ3n) is 4.81. The van der Waals surface area contributed by atoms with Gasteiger partial charge < -0.3 is 20.3 Å². The number of rotatable bonds is 6. The summed E-state index contributed by atoms with van der Waals surface area (Å²) in [7, 11) is 1.66. The van der Waals surface area contributed by atoms with E-state index >= 15 is 0 Å². The minimum absolute atomic E-state index is 0.703. The van der Waals surface area contributed by atoms with Gasteiger partial charge in [-0.05, 0) is 68.3 Å². The number of nitrogens with one attached hydrogen (secondary N) is 2. The number of hydrogen-bond donors (Lipinski definition) is 2. The summed E-state index contributed by atoms with van der Waals surface area (Å²) in [4.78, 5) is 11.4. The molecule has 4 rings (SSSR count). The van der Waals surface area contributed by atoms with E-state index in [4.69, 9.17) is 4.74 Å². The van der Waals surface area contributed by atoms with Gasteiger partial charge in [-0.3, -0.25) is 0 Å². The summed E-state index contributed by atoms with van der Waals surface area (Å²) >= 11 is 0. The zero-order chi connectivity index (χ0) is 19.3. The molecule has 0 saturated carbocycles. The van der Waals surface area contributed by atoms with Gasteiger partial charge in [0.05, 0.1) is 7.11 Å². The zero-order valence-corrected chi connectivity index (χ0v) is 16.3. The number of hydrogen-bond acceptors (Lipinski definition) is 6.